The number of aliphatic hydroxyl groups is 1. The van der Waals surface area contributed by atoms with E-state index in [4.69, 9.17) is 0 Å². The molecule has 6 nitrogen and oxygen atoms in total. The van der Waals surface area contributed by atoms with Gasteiger partial charge in [-0.1, -0.05) is 30.3 Å². The number of allylic oxidation sites excluding steroid dienone is 2. The van der Waals surface area contributed by atoms with Crippen molar-refractivity contribution in [3.05, 3.63) is 71.6 Å². The summed E-state index contributed by atoms with van der Waals surface area (Å²) in [6.07, 6.45) is 5.71. The maximum atomic E-state index is 13.1. The molecule has 1 aliphatic carbocycles. The first kappa shape index (κ1) is 20.7. The van der Waals surface area contributed by atoms with Gasteiger partial charge >= 0.3 is 6.03 Å². The summed E-state index contributed by atoms with van der Waals surface area (Å²) >= 11 is 0. The second-order valence-electron chi connectivity index (χ2n) is 8.71. The van der Waals surface area contributed by atoms with E-state index in [1.807, 2.05) is 0 Å². The van der Waals surface area contributed by atoms with Crippen LogP contribution in [0.4, 0.5) is 14.9 Å². The number of nitrogens with zero attached hydrogens (tertiary/aromatic N) is 2. The zero-order valence-electron chi connectivity index (χ0n) is 17.7. The number of benzene rings is 2. The van der Waals surface area contributed by atoms with Crippen molar-refractivity contribution in [2.75, 3.05) is 25.0 Å². The highest BCUT2D eigenvalue weighted by Crippen LogP contribution is 2.43. The molecule has 2 heterocycles. The number of amides is 3. The number of hydrogen-bond donors (Lipinski definition) is 2. The van der Waals surface area contributed by atoms with Crippen molar-refractivity contribution in [3.8, 4) is 0 Å². The van der Waals surface area contributed by atoms with Gasteiger partial charge in [-0.3, -0.25) is 4.79 Å². The third-order valence-corrected chi connectivity index (χ3v) is 6.84. The quantitative estimate of drug-likeness (QED) is 0.771. The number of halogens is 1. The predicted molar refractivity (Wildman–Crippen MR) is 120 cm³/mol. The first-order valence-corrected chi connectivity index (χ1v) is 11.1. The van der Waals surface area contributed by atoms with E-state index in [0.717, 1.165) is 18.4 Å². The predicted octanol–water partition coefficient (Wildman–Crippen LogP) is 3.60. The number of hydrogen-bond acceptors (Lipinski definition) is 3. The molecule has 0 bridgehead atoms. The van der Waals surface area contributed by atoms with Crippen LogP contribution in [0, 0.1) is 5.82 Å². The molecular weight excluding hydrogens is 409 g/mol. The Balaban J connectivity index is 1.32. The topological polar surface area (TPSA) is 72.9 Å². The average Bonchev–Trinajstić information content (AvgIpc) is 3.32. The van der Waals surface area contributed by atoms with Crippen molar-refractivity contribution in [2.24, 2.45) is 0 Å². The number of aliphatic hydroxyl groups excluding tert-OH is 1. The van der Waals surface area contributed by atoms with Crippen LogP contribution < -0.4 is 5.32 Å². The lowest BCUT2D eigenvalue weighted by molar-refractivity contribution is -0.159. The zero-order valence-corrected chi connectivity index (χ0v) is 17.7. The van der Waals surface area contributed by atoms with E-state index >= 15 is 0 Å². The number of anilines is 1. The summed E-state index contributed by atoms with van der Waals surface area (Å²) in [7, 11) is 0. The van der Waals surface area contributed by atoms with E-state index in [1.54, 1.807) is 4.90 Å². The highest BCUT2D eigenvalue weighted by atomic mass is 19.1. The Morgan fingerprint density at radius 3 is 2.53 bits per heavy atom. The molecule has 166 valence electrons. The lowest BCUT2D eigenvalue weighted by Crippen LogP contribution is -2.73. The molecule has 2 aliphatic heterocycles. The summed E-state index contributed by atoms with van der Waals surface area (Å²) in [5.74, 6) is -0.579. The van der Waals surface area contributed by atoms with Gasteiger partial charge in [-0.15, -0.1) is 0 Å². The van der Waals surface area contributed by atoms with E-state index < -0.39 is 0 Å². The Hall–Kier alpha value is -3.19. The normalized spacial score (nSPS) is 24.6. The van der Waals surface area contributed by atoms with Crippen LogP contribution in [-0.4, -0.2) is 58.6 Å². The number of rotatable bonds is 4. The maximum absolute atomic E-state index is 13.1. The fourth-order valence-corrected chi connectivity index (χ4v) is 5.24. The van der Waals surface area contributed by atoms with Crippen molar-refractivity contribution in [3.63, 3.8) is 0 Å². The lowest BCUT2D eigenvalue weighted by Gasteiger charge is -2.58. The minimum absolute atomic E-state index is 0.0306. The van der Waals surface area contributed by atoms with Crippen LogP contribution in [0.2, 0.25) is 0 Å². The zero-order chi connectivity index (χ0) is 22.2. The summed E-state index contributed by atoms with van der Waals surface area (Å²) in [4.78, 5) is 28.7. The van der Waals surface area contributed by atoms with Gasteiger partial charge in [-0.25, -0.2) is 9.18 Å². The highest BCUT2D eigenvalue weighted by molar-refractivity contribution is 5.93. The molecule has 3 aliphatic rings. The number of carbonyl (C=O) groups excluding carboxylic acids is 2. The average molecular weight is 435 g/mol. The van der Waals surface area contributed by atoms with Crippen LogP contribution in [0.3, 0.4) is 0 Å². The van der Waals surface area contributed by atoms with E-state index in [1.165, 1.54) is 46.7 Å². The number of carbonyl (C=O) groups is 2. The summed E-state index contributed by atoms with van der Waals surface area (Å²) in [6, 6.07) is 13.1. The van der Waals surface area contributed by atoms with E-state index in [9.17, 15) is 19.1 Å². The molecule has 3 amide bonds. The smallest absolute Gasteiger partial charge is 0.322 e. The molecule has 2 N–H and O–H groups in total. The second kappa shape index (κ2) is 8.39. The van der Waals surface area contributed by atoms with Gasteiger partial charge in [0.25, 0.3) is 0 Å². The Bertz CT molecular complexity index is 1050. The number of urea groups is 1. The van der Waals surface area contributed by atoms with Crippen molar-refractivity contribution in [1.29, 1.82) is 0 Å². The SMILES string of the molecule is O=C(Nc1ccc(F)cc1)N1CC(=O)N2[C@H](CO)[C@@H](c3ccc(C4=CCCC4)cc3)[C@H]2C1. The molecule has 7 heteroatoms. The summed E-state index contributed by atoms with van der Waals surface area (Å²) < 4.78 is 13.1. The van der Waals surface area contributed by atoms with Crippen molar-refractivity contribution < 1.29 is 19.1 Å². The molecule has 2 saturated heterocycles. The Labute approximate surface area is 186 Å². The van der Waals surface area contributed by atoms with E-state index in [-0.39, 0.29) is 48.9 Å². The standard InChI is InChI=1S/C25H26FN3O3/c26-19-9-11-20(12-10-19)27-25(32)28-13-21-24(22(15-30)29(21)23(31)14-28)18-7-5-17(6-8-18)16-3-1-2-4-16/h3,5-12,21-22,24,30H,1-2,4,13-15H2,(H,27,32)/t21-,22-,24+/m1/s1. The van der Waals surface area contributed by atoms with Crippen molar-refractivity contribution in [1.82, 2.24) is 9.80 Å². The molecule has 0 radical (unpaired) electrons. The van der Waals surface area contributed by atoms with Crippen LogP contribution in [-0.2, 0) is 4.79 Å². The van der Waals surface area contributed by atoms with Gasteiger partial charge in [0.15, 0.2) is 0 Å². The highest BCUT2D eigenvalue weighted by Gasteiger charge is 2.54. The van der Waals surface area contributed by atoms with Crippen LogP contribution in [0.25, 0.3) is 5.57 Å². The molecule has 3 atom stereocenters. The number of piperazine rings is 1. The molecule has 2 aromatic carbocycles. The first-order valence-electron chi connectivity index (χ1n) is 11.1. The molecule has 0 spiro atoms. The van der Waals surface area contributed by atoms with Crippen LogP contribution >= 0.6 is 0 Å². The maximum Gasteiger partial charge on any atom is 0.322 e. The minimum atomic E-state index is -0.390. The molecular formula is C25H26FN3O3. The monoisotopic (exact) mass is 435 g/mol. The molecule has 2 aromatic rings. The van der Waals surface area contributed by atoms with Gasteiger partial charge in [-0.2, -0.15) is 0 Å². The third kappa shape index (κ3) is 3.66. The fraction of sp³-hybridized carbons (Fsp3) is 0.360. The molecule has 5 rings (SSSR count). The summed E-state index contributed by atoms with van der Waals surface area (Å²) in [5, 5.41) is 12.7. The van der Waals surface area contributed by atoms with Gasteiger partial charge < -0.3 is 20.2 Å². The first-order chi connectivity index (χ1) is 15.5. The molecule has 0 saturated carbocycles. The summed E-state index contributed by atoms with van der Waals surface area (Å²) in [5.41, 5.74) is 4.15. The molecule has 32 heavy (non-hydrogen) atoms. The molecule has 0 aromatic heterocycles. The number of nitrogens with one attached hydrogen (secondary N) is 1. The summed E-state index contributed by atoms with van der Waals surface area (Å²) in [6.45, 7) is 0.230. The molecule has 0 unspecified atom stereocenters. The van der Waals surface area contributed by atoms with Crippen molar-refractivity contribution in [2.45, 2.75) is 37.3 Å². The Morgan fingerprint density at radius 2 is 1.88 bits per heavy atom. The van der Waals surface area contributed by atoms with Crippen molar-refractivity contribution >= 4 is 23.2 Å². The van der Waals surface area contributed by atoms with E-state index in [2.05, 4.69) is 35.7 Å². The Kier molecular flexibility index (Phi) is 5.43. The Morgan fingerprint density at radius 1 is 1.12 bits per heavy atom. The largest absolute Gasteiger partial charge is 0.394 e. The van der Waals surface area contributed by atoms with Gasteiger partial charge in [0, 0.05) is 18.2 Å². The van der Waals surface area contributed by atoms with Gasteiger partial charge in [-0.05, 0) is 60.2 Å². The van der Waals surface area contributed by atoms with E-state index in [0.29, 0.717) is 12.2 Å². The fourth-order valence-electron chi connectivity index (χ4n) is 5.24. The lowest BCUT2D eigenvalue weighted by atomic mass is 9.73. The van der Waals surface area contributed by atoms with Crippen LogP contribution in [0.5, 0.6) is 0 Å². The third-order valence-electron chi connectivity index (χ3n) is 6.84. The molecule has 2 fully saturated rings. The van der Waals surface area contributed by atoms with Gasteiger partial charge in [0.2, 0.25) is 5.91 Å². The minimum Gasteiger partial charge on any atom is -0.394 e. The van der Waals surface area contributed by atoms with Crippen LogP contribution in [0.1, 0.15) is 36.3 Å². The van der Waals surface area contributed by atoms with Gasteiger partial charge in [0.05, 0.1) is 18.7 Å². The van der Waals surface area contributed by atoms with Crippen LogP contribution in [0.15, 0.2) is 54.6 Å². The number of fused-ring (bicyclic) bond motifs is 1. The second-order valence-corrected chi connectivity index (χ2v) is 8.71. The van der Waals surface area contributed by atoms with Gasteiger partial charge in [0.1, 0.15) is 12.4 Å².